The molecule has 0 atom stereocenters. The number of hydrogen-bond acceptors (Lipinski definition) is 2. The third-order valence-electron chi connectivity index (χ3n) is 4.34. The van der Waals surface area contributed by atoms with Crippen LogP contribution < -0.4 is 0 Å². The van der Waals surface area contributed by atoms with Gasteiger partial charge in [-0.25, -0.2) is 8.42 Å². The molecule has 1 fully saturated rings. The Morgan fingerprint density at radius 1 is 1.19 bits per heavy atom. The summed E-state index contributed by atoms with van der Waals surface area (Å²) in [5, 5.41) is 0. The number of rotatable bonds is 6. The molecule has 21 heavy (non-hydrogen) atoms. The van der Waals surface area contributed by atoms with E-state index in [0.717, 1.165) is 37.7 Å². The fourth-order valence-electron chi connectivity index (χ4n) is 3.05. The lowest BCUT2D eigenvalue weighted by atomic mass is 10.1. The monoisotopic (exact) mass is 309 g/mol. The van der Waals surface area contributed by atoms with Crippen molar-refractivity contribution in [3.8, 4) is 0 Å². The maximum atomic E-state index is 13.1. The van der Waals surface area contributed by atoms with E-state index in [1.807, 2.05) is 25.1 Å². The third-order valence-corrected chi connectivity index (χ3v) is 6.45. The van der Waals surface area contributed by atoms with Gasteiger partial charge in [0, 0.05) is 12.6 Å². The smallest absolute Gasteiger partial charge is 0.207 e. The highest BCUT2D eigenvalue weighted by Gasteiger charge is 2.33. The zero-order valence-corrected chi connectivity index (χ0v) is 14.2. The van der Waals surface area contributed by atoms with Crippen LogP contribution in [0.3, 0.4) is 0 Å². The number of nitrogens with zero attached hydrogens (tertiary/aromatic N) is 1. The van der Waals surface area contributed by atoms with Crippen molar-refractivity contribution in [3.63, 3.8) is 0 Å². The SMILES string of the molecule is Cc1ccccc1S(=O)(=O)N(CCC(C)C)C1CCCC1. The summed E-state index contributed by atoms with van der Waals surface area (Å²) in [6.45, 7) is 6.81. The average molecular weight is 309 g/mol. The molecule has 2 rings (SSSR count). The van der Waals surface area contributed by atoms with Gasteiger partial charge in [0.05, 0.1) is 4.90 Å². The maximum Gasteiger partial charge on any atom is 0.243 e. The Morgan fingerprint density at radius 2 is 1.81 bits per heavy atom. The predicted octanol–water partition coefficient (Wildman–Crippen LogP) is 3.97. The molecule has 0 amide bonds. The molecule has 0 aromatic heterocycles. The van der Waals surface area contributed by atoms with E-state index in [1.165, 1.54) is 0 Å². The lowest BCUT2D eigenvalue weighted by Gasteiger charge is -2.29. The molecule has 0 bridgehead atoms. The minimum Gasteiger partial charge on any atom is -0.207 e. The van der Waals surface area contributed by atoms with Crippen LogP contribution in [0.2, 0.25) is 0 Å². The van der Waals surface area contributed by atoms with Gasteiger partial charge in [-0.1, -0.05) is 44.9 Å². The van der Waals surface area contributed by atoms with Gasteiger partial charge in [-0.05, 0) is 43.7 Å². The second-order valence-electron chi connectivity index (χ2n) is 6.50. The minimum absolute atomic E-state index is 0.188. The molecule has 0 heterocycles. The molecular weight excluding hydrogens is 282 g/mol. The van der Waals surface area contributed by atoms with Crippen LogP contribution in [0.25, 0.3) is 0 Å². The lowest BCUT2D eigenvalue weighted by Crippen LogP contribution is -2.40. The molecular formula is C17H27NO2S. The van der Waals surface area contributed by atoms with Crippen molar-refractivity contribution in [2.75, 3.05) is 6.54 Å². The van der Waals surface area contributed by atoms with Gasteiger partial charge < -0.3 is 0 Å². The Bertz CT molecular complexity index is 560. The van der Waals surface area contributed by atoms with Crippen molar-refractivity contribution >= 4 is 10.0 Å². The summed E-state index contributed by atoms with van der Waals surface area (Å²) in [5.41, 5.74) is 0.838. The van der Waals surface area contributed by atoms with Gasteiger partial charge >= 0.3 is 0 Å². The Balaban J connectivity index is 2.32. The summed E-state index contributed by atoms with van der Waals surface area (Å²) >= 11 is 0. The minimum atomic E-state index is -3.38. The molecule has 0 N–H and O–H groups in total. The summed E-state index contributed by atoms with van der Waals surface area (Å²) in [7, 11) is -3.38. The van der Waals surface area contributed by atoms with E-state index in [2.05, 4.69) is 13.8 Å². The molecule has 1 saturated carbocycles. The highest BCUT2D eigenvalue weighted by atomic mass is 32.2. The second kappa shape index (κ2) is 6.93. The molecule has 0 saturated heterocycles. The standard InChI is InChI=1S/C17H27NO2S/c1-14(2)12-13-18(16-9-5-6-10-16)21(19,20)17-11-7-4-8-15(17)3/h4,7-8,11,14,16H,5-6,9-10,12-13H2,1-3H3. The van der Waals surface area contributed by atoms with Gasteiger partial charge in [0.2, 0.25) is 10.0 Å². The van der Waals surface area contributed by atoms with E-state index in [0.29, 0.717) is 17.4 Å². The molecule has 4 heteroatoms. The number of hydrogen-bond donors (Lipinski definition) is 0. The van der Waals surface area contributed by atoms with Crippen molar-refractivity contribution in [3.05, 3.63) is 29.8 Å². The Labute approximate surface area is 129 Å². The van der Waals surface area contributed by atoms with E-state index in [1.54, 1.807) is 10.4 Å². The summed E-state index contributed by atoms with van der Waals surface area (Å²) < 4.78 is 27.9. The number of benzene rings is 1. The van der Waals surface area contributed by atoms with Crippen LogP contribution in [0, 0.1) is 12.8 Å². The lowest BCUT2D eigenvalue weighted by molar-refractivity contribution is 0.304. The quantitative estimate of drug-likeness (QED) is 0.797. The van der Waals surface area contributed by atoms with Gasteiger partial charge in [-0.2, -0.15) is 4.31 Å². The largest absolute Gasteiger partial charge is 0.243 e. The first kappa shape index (κ1) is 16.5. The summed E-state index contributed by atoms with van der Waals surface area (Å²) in [5.74, 6) is 0.515. The second-order valence-corrected chi connectivity index (χ2v) is 8.36. The first-order chi connectivity index (χ1) is 9.93. The van der Waals surface area contributed by atoms with Crippen molar-refractivity contribution in [2.24, 2.45) is 5.92 Å². The van der Waals surface area contributed by atoms with E-state index >= 15 is 0 Å². The summed E-state index contributed by atoms with van der Waals surface area (Å²) in [6, 6.07) is 7.51. The van der Waals surface area contributed by atoms with E-state index < -0.39 is 10.0 Å². The van der Waals surface area contributed by atoms with Gasteiger partial charge in [-0.3, -0.25) is 0 Å². The fourth-order valence-corrected chi connectivity index (χ4v) is 4.98. The van der Waals surface area contributed by atoms with Crippen LogP contribution in [-0.4, -0.2) is 25.3 Å². The fraction of sp³-hybridized carbons (Fsp3) is 0.647. The molecule has 3 nitrogen and oxygen atoms in total. The van der Waals surface area contributed by atoms with Crippen molar-refractivity contribution < 1.29 is 8.42 Å². The van der Waals surface area contributed by atoms with Crippen LogP contribution in [0.5, 0.6) is 0 Å². The van der Waals surface area contributed by atoms with Crippen LogP contribution >= 0.6 is 0 Å². The highest BCUT2D eigenvalue weighted by molar-refractivity contribution is 7.89. The van der Waals surface area contributed by atoms with Crippen LogP contribution in [-0.2, 0) is 10.0 Å². The zero-order valence-electron chi connectivity index (χ0n) is 13.4. The molecule has 0 spiro atoms. The molecule has 0 unspecified atom stereocenters. The zero-order chi connectivity index (χ0) is 15.5. The van der Waals surface area contributed by atoms with Crippen molar-refractivity contribution in [1.29, 1.82) is 0 Å². The van der Waals surface area contributed by atoms with Gasteiger partial charge in [0.15, 0.2) is 0 Å². The van der Waals surface area contributed by atoms with Crippen LogP contribution in [0.4, 0.5) is 0 Å². The van der Waals surface area contributed by atoms with E-state index in [9.17, 15) is 8.42 Å². The van der Waals surface area contributed by atoms with Crippen molar-refractivity contribution in [2.45, 2.75) is 63.8 Å². The molecule has 0 aliphatic heterocycles. The predicted molar refractivity (Wildman–Crippen MR) is 86.8 cm³/mol. The Morgan fingerprint density at radius 3 is 2.38 bits per heavy atom. The Kier molecular flexibility index (Phi) is 5.44. The van der Waals surface area contributed by atoms with E-state index in [-0.39, 0.29) is 6.04 Å². The molecule has 1 aliphatic rings. The van der Waals surface area contributed by atoms with Crippen LogP contribution in [0.15, 0.2) is 29.2 Å². The van der Waals surface area contributed by atoms with Crippen molar-refractivity contribution in [1.82, 2.24) is 4.31 Å². The molecule has 1 aromatic rings. The topological polar surface area (TPSA) is 37.4 Å². The highest BCUT2D eigenvalue weighted by Crippen LogP contribution is 2.30. The molecule has 1 aliphatic carbocycles. The van der Waals surface area contributed by atoms with Gasteiger partial charge in [0.1, 0.15) is 0 Å². The molecule has 118 valence electrons. The number of aryl methyl sites for hydroxylation is 1. The maximum absolute atomic E-state index is 13.1. The van der Waals surface area contributed by atoms with Gasteiger partial charge in [-0.15, -0.1) is 0 Å². The van der Waals surface area contributed by atoms with Gasteiger partial charge in [0.25, 0.3) is 0 Å². The first-order valence-corrected chi connectivity index (χ1v) is 9.44. The van der Waals surface area contributed by atoms with Crippen LogP contribution in [0.1, 0.15) is 51.5 Å². The summed E-state index contributed by atoms with van der Waals surface area (Å²) in [4.78, 5) is 0.473. The van der Waals surface area contributed by atoms with E-state index in [4.69, 9.17) is 0 Å². The third kappa shape index (κ3) is 3.86. The Hall–Kier alpha value is -0.870. The molecule has 0 radical (unpaired) electrons. The summed E-state index contributed by atoms with van der Waals surface area (Å²) in [6.07, 6.45) is 5.21. The average Bonchev–Trinajstić information content (AvgIpc) is 2.92. The molecule has 1 aromatic carbocycles. The number of sulfonamides is 1. The first-order valence-electron chi connectivity index (χ1n) is 8.00. The normalized spacial score (nSPS) is 17.0.